The molecule has 0 fully saturated rings. The van der Waals surface area contributed by atoms with Crippen LogP contribution in [0.15, 0.2) is 48.5 Å². The lowest BCUT2D eigenvalue weighted by atomic mass is 10.2. The maximum atomic E-state index is 12.4. The summed E-state index contributed by atoms with van der Waals surface area (Å²) in [5, 5.41) is 12.1. The molecule has 9 heteroatoms. The van der Waals surface area contributed by atoms with E-state index in [0.717, 1.165) is 5.56 Å². The van der Waals surface area contributed by atoms with Gasteiger partial charge in [-0.05, 0) is 54.7 Å². The molecule has 3 aromatic rings. The number of rotatable bonds is 7. The first kappa shape index (κ1) is 20.8. The van der Waals surface area contributed by atoms with E-state index in [-0.39, 0.29) is 24.9 Å². The fourth-order valence-electron chi connectivity index (χ4n) is 2.70. The fourth-order valence-corrected chi connectivity index (χ4v) is 2.89. The first-order chi connectivity index (χ1) is 14.5. The van der Waals surface area contributed by atoms with Crippen LogP contribution in [0.25, 0.3) is 11.4 Å². The lowest BCUT2D eigenvalue weighted by molar-refractivity contribution is -0.124. The topological polar surface area (TPSA) is 101 Å². The van der Waals surface area contributed by atoms with Crippen molar-refractivity contribution in [3.63, 3.8) is 0 Å². The molecule has 2 aromatic carbocycles. The summed E-state index contributed by atoms with van der Waals surface area (Å²) < 4.78 is 7.00. The van der Waals surface area contributed by atoms with Crippen LogP contribution >= 0.6 is 12.2 Å². The maximum absolute atomic E-state index is 12.4. The number of terminal acetylenes is 1. The molecule has 30 heavy (non-hydrogen) atoms. The number of ether oxygens (including phenoxy) is 1. The van der Waals surface area contributed by atoms with E-state index in [1.807, 2.05) is 12.1 Å². The Hall–Kier alpha value is -3.90. The summed E-state index contributed by atoms with van der Waals surface area (Å²) >= 11 is 5.23. The summed E-state index contributed by atoms with van der Waals surface area (Å²) in [6, 6.07) is 14.1. The minimum atomic E-state index is -0.380. The van der Waals surface area contributed by atoms with Gasteiger partial charge in [-0.3, -0.25) is 19.3 Å². The monoisotopic (exact) mass is 421 g/mol. The van der Waals surface area contributed by atoms with Crippen molar-refractivity contribution in [1.29, 1.82) is 0 Å². The Balaban J connectivity index is 1.61. The van der Waals surface area contributed by atoms with E-state index in [1.165, 1.54) is 0 Å². The van der Waals surface area contributed by atoms with E-state index < -0.39 is 0 Å². The smallest absolute Gasteiger partial charge is 0.243 e. The van der Waals surface area contributed by atoms with Crippen LogP contribution in [0.5, 0.6) is 5.75 Å². The van der Waals surface area contributed by atoms with Crippen LogP contribution in [0.2, 0.25) is 0 Å². The normalized spacial score (nSPS) is 10.1. The van der Waals surface area contributed by atoms with Gasteiger partial charge in [-0.2, -0.15) is 5.10 Å². The first-order valence-electron chi connectivity index (χ1n) is 8.93. The van der Waals surface area contributed by atoms with Crippen molar-refractivity contribution in [2.24, 2.45) is 0 Å². The lowest BCUT2D eigenvalue weighted by Gasteiger charge is -2.09. The molecule has 0 saturated heterocycles. The number of hydrogen-bond donors (Lipinski definition) is 3. The molecule has 0 aliphatic carbocycles. The molecular weight excluding hydrogens is 402 g/mol. The summed E-state index contributed by atoms with van der Waals surface area (Å²) in [4.78, 5) is 24.5. The van der Waals surface area contributed by atoms with Crippen molar-refractivity contribution in [1.82, 2.24) is 20.1 Å². The van der Waals surface area contributed by atoms with Gasteiger partial charge in [0.2, 0.25) is 11.8 Å². The highest BCUT2D eigenvalue weighted by molar-refractivity contribution is 7.71. The third-order valence-electron chi connectivity index (χ3n) is 4.17. The van der Waals surface area contributed by atoms with Gasteiger partial charge in [0.05, 0.1) is 13.7 Å². The van der Waals surface area contributed by atoms with E-state index in [2.05, 4.69) is 26.8 Å². The quantitative estimate of drug-likeness (QED) is 0.402. The van der Waals surface area contributed by atoms with E-state index in [9.17, 15) is 9.59 Å². The zero-order valence-electron chi connectivity index (χ0n) is 16.1. The molecule has 152 valence electrons. The van der Waals surface area contributed by atoms with Gasteiger partial charge in [0.15, 0.2) is 10.6 Å². The molecule has 0 spiro atoms. The van der Waals surface area contributed by atoms with Crippen LogP contribution in [0, 0.1) is 17.1 Å². The van der Waals surface area contributed by atoms with Gasteiger partial charge in [-0.15, -0.1) is 6.42 Å². The van der Waals surface area contributed by atoms with Gasteiger partial charge in [0, 0.05) is 16.8 Å². The zero-order chi connectivity index (χ0) is 21.5. The molecule has 2 amide bonds. The summed E-state index contributed by atoms with van der Waals surface area (Å²) in [5.41, 5.74) is 1.97. The number of amides is 2. The lowest BCUT2D eigenvalue weighted by Crippen LogP contribution is -2.35. The molecule has 0 atom stereocenters. The molecule has 0 aliphatic rings. The highest BCUT2D eigenvalue weighted by Crippen LogP contribution is 2.20. The number of nitrogens with zero attached hydrogens (tertiary/aromatic N) is 2. The van der Waals surface area contributed by atoms with Crippen LogP contribution in [0.1, 0.15) is 5.56 Å². The van der Waals surface area contributed by atoms with Gasteiger partial charge >= 0.3 is 0 Å². The minimum Gasteiger partial charge on any atom is -0.497 e. The molecule has 3 N–H and O–H groups in total. The molecule has 1 heterocycles. The van der Waals surface area contributed by atoms with E-state index in [1.54, 1.807) is 48.1 Å². The largest absolute Gasteiger partial charge is 0.497 e. The number of anilines is 1. The molecule has 1 aromatic heterocycles. The van der Waals surface area contributed by atoms with E-state index >= 15 is 0 Å². The Morgan fingerprint density at radius 3 is 2.70 bits per heavy atom. The highest BCUT2D eigenvalue weighted by atomic mass is 32.1. The Morgan fingerprint density at radius 2 is 2.00 bits per heavy atom. The molecule has 0 radical (unpaired) electrons. The number of carbonyl (C=O) groups is 2. The second-order valence-electron chi connectivity index (χ2n) is 6.22. The summed E-state index contributed by atoms with van der Waals surface area (Å²) in [6.45, 7) is -0.279. The van der Waals surface area contributed by atoms with Crippen molar-refractivity contribution >= 4 is 29.7 Å². The third-order valence-corrected chi connectivity index (χ3v) is 4.48. The molecule has 0 saturated carbocycles. The second-order valence-corrected chi connectivity index (χ2v) is 6.60. The SMILES string of the molecule is C#Cc1cccc(NC(=O)CNC(=O)Cn2c(-c3ccc(OC)cc3)n[nH]c2=S)c1. The van der Waals surface area contributed by atoms with Crippen LogP contribution in [0.3, 0.4) is 0 Å². The van der Waals surface area contributed by atoms with Gasteiger partial charge in [0.25, 0.3) is 0 Å². The molecule has 0 unspecified atom stereocenters. The second kappa shape index (κ2) is 9.54. The van der Waals surface area contributed by atoms with E-state index in [0.29, 0.717) is 27.6 Å². The number of hydrogen-bond acceptors (Lipinski definition) is 5. The first-order valence-corrected chi connectivity index (χ1v) is 9.34. The predicted octanol–water partition coefficient (Wildman–Crippen LogP) is 2.35. The van der Waals surface area contributed by atoms with Crippen LogP contribution < -0.4 is 15.4 Å². The number of benzene rings is 2. The maximum Gasteiger partial charge on any atom is 0.243 e. The number of aromatic amines is 1. The molecule has 0 aliphatic heterocycles. The number of carbonyl (C=O) groups excluding carboxylic acids is 2. The molecule has 8 nitrogen and oxygen atoms in total. The van der Waals surface area contributed by atoms with Crippen molar-refractivity contribution in [2.75, 3.05) is 19.0 Å². The van der Waals surface area contributed by atoms with Gasteiger partial charge in [-0.25, -0.2) is 0 Å². The van der Waals surface area contributed by atoms with Crippen LogP contribution in [0.4, 0.5) is 5.69 Å². The van der Waals surface area contributed by atoms with Crippen molar-refractivity contribution in [3.8, 4) is 29.5 Å². The zero-order valence-corrected chi connectivity index (χ0v) is 17.0. The third kappa shape index (κ3) is 5.12. The fraction of sp³-hybridized carbons (Fsp3) is 0.143. The Morgan fingerprint density at radius 1 is 1.23 bits per heavy atom. The van der Waals surface area contributed by atoms with Crippen molar-refractivity contribution < 1.29 is 14.3 Å². The number of nitrogens with one attached hydrogen (secondary N) is 3. The van der Waals surface area contributed by atoms with E-state index in [4.69, 9.17) is 23.4 Å². The number of methoxy groups -OCH3 is 1. The molecule has 0 bridgehead atoms. The Kier molecular flexibility index (Phi) is 6.62. The standard InChI is InChI=1S/C21H19N5O3S/c1-3-14-5-4-6-16(11-14)23-18(27)12-22-19(28)13-26-20(24-25-21(26)30)15-7-9-17(29-2)10-8-15/h1,4-11H,12-13H2,2H3,(H,22,28)(H,23,27)(H,25,30). The number of aromatic nitrogens is 3. The van der Waals surface area contributed by atoms with Gasteiger partial charge < -0.3 is 15.4 Å². The highest BCUT2D eigenvalue weighted by Gasteiger charge is 2.13. The predicted molar refractivity (Wildman–Crippen MR) is 115 cm³/mol. The Labute approximate surface area is 178 Å². The number of H-pyrrole nitrogens is 1. The summed E-state index contributed by atoms with van der Waals surface area (Å²) in [5.74, 6) is 2.96. The summed E-state index contributed by atoms with van der Waals surface area (Å²) in [7, 11) is 1.58. The molecular formula is C21H19N5O3S. The average Bonchev–Trinajstić information content (AvgIpc) is 3.12. The van der Waals surface area contributed by atoms with Crippen molar-refractivity contribution in [2.45, 2.75) is 6.54 Å². The van der Waals surface area contributed by atoms with Crippen LogP contribution in [-0.2, 0) is 16.1 Å². The average molecular weight is 421 g/mol. The summed E-state index contributed by atoms with van der Waals surface area (Å²) in [6.07, 6.45) is 5.35. The van der Waals surface area contributed by atoms with Gasteiger partial charge in [-0.1, -0.05) is 12.0 Å². The van der Waals surface area contributed by atoms with Gasteiger partial charge in [0.1, 0.15) is 12.3 Å². The Bertz CT molecular complexity index is 1160. The van der Waals surface area contributed by atoms with Crippen LogP contribution in [-0.4, -0.2) is 40.2 Å². The minimum absolute atomic E-state index is 0.0868. The van der Waals surface area contributed by atoms with Crippen molar-refractivity contribution in [3.05, 3.63) is 58.9 Å². The molecule has 3 rings (SSSR count).